The van der Waals surface area contributed by atoms with E-state index in [0.29, 0.717) is 22.4 Å². The standard InChI is InChI=1S/C12H10Cl2N2O/c13-9-5-11(14)12(16-7-9)15-6-8-1-3-10(17)4-2-8/h1-5,7,17H,6H2,(H,15,16). The highest BCUT2D eigenvalue weighted by molar-refractivity contribution is 6.35. The summed E-state index contributed by atoms with van der Waals surface area (Å²) < 4.78 is 0. The highest BCUT2D eigenvalue weighted by atomic mass is 35.5. The Labute approximate surface area is 109 Å². The minimum absolute atomic E-state index is 0.247. The molecule has 0 unspecified atom stereocenters. The van der Waals surface area contributed by atoms with Crippen molar-refractivity contribution >= 4 is 29.0 Å². The topological polar surface area (TPSA) is 45.1 Å². The molecule has 0 aliphatic rings. The molecular formula is C12H10Cl2N2O. The van der Waals surface area contributed by atoms with Crippen LogP contribution in [0.1, 0.15) is 5.56 Å². The zero-order chi connectivity index (χ0) is 12.3. The van der Waals surface area contributed by atoms with Gasteiger partial charge in [-0.25, -0.2) is 4.98 Å². The maximum absolute atomic E-state index is 9.15. The first-order valence-electron chi connectivity index (χ1n) is 4.98. The van der Waals surface area contributed by atoms with Crippen LogP contribution in [0, 0.1) is 0 Å². The molecule has 1 aromatic carbocycles. The van der Waals surface area contributed by atoms with Crippen LogP contribution in [0.3, 0.4) is 0 Å². The van der Waals surface area contributed by atoms with Crippen molar-refractivity contribution in [3.05, 3.63) is 52.1 Å². The number of hydrogen-bond acceptors (Lipinski definition) is 3. The van der Waals surface area contributed by atoms with Gasteiger partial charge in [-0.15, -0.1) is 0 Å². The molecule has 88 valence electrons. The monoisotopic (exact) mass is 268 g/mol. The van der Waals surface area contributed by atoms with Gasteiger partial charge in [-0.3, -0.25) is 0 Å². The van der Waals surface area contributed by atoms with Crippen LogP contribution in [-0.4, -0.2) is 10.1 Å². The van der Waals surface area contributed by atoms with Crippen molar-refractivity contribution in [1.29, 1.82) is 0 Å². The molecule has 0 aliphatic carbocycles. The van der Waals surface area contributed by atoms with Crippen molar-refractivity contribution in [3.8, 4) is 5.75 Å². The van der Waals surface area contributed by atoms with Crippen molar-refractivity contribution in [2.24, 2.45) is 0 Å². The fourth-order valence-corrected chi connectivity index (χ4v) is 1.79. The molecule has 0 bridgehead atoms. The van der Waals surface area contributed by atoms with Gasteiger partial charge in [-0.05, 0) is 23.8 Å². The van der Waals surface area contributed by atoms with E-state index in [4.69, 9.17) is 28.3 Å². The molecule has 1 heterocycles. The number of hydrogen-bond donors (Lipinski definition) is 2. The number of anilines is 1. The van der Waals surface area contributed by atoms with E-state index in [-0.39, 0.29) is 5.75 Å². The fourth-order valence-electron chi connectivity index (χ4n) is 1.34. The van der Waals surface area contributed by atoms with Crippen molar-refractivity contribution in [2.45, 2.75) is 6.54 Å². The molecule has 17 heavy (non-hydrogen) atoms. The number of aromatic hydroxyl groups is 1. The normalized spacial score (nSPS) is 10.2. The molecule has 0 saturated carbocycles. The molecule has 0 spiro atoms. The van der Waals surface area contributed by atoms with Crippen molar-refractivity contribution in [3.63, 3.8) is 0 Å². The lowest BCUT2D eigenvalue weighted by atomic mass is 10.2. The molecule has 0 saturated heterocycles. The van der Waals surface area contributed by atoms with E-state index in [2.05, 4.69) is 10.3 Å². The van der Waals surface area contributed by atoms with E-state index in [9.17, 15) is 0 Å². The number of rotatable bonds is 3. The van der Waals surface area contributed by atoms with E-state index in [1.165, 1.54) is 6.20 Å². The fraction of sp³-hybridized carbons (Fsp3) is 0.0833. The van der Waals surface area contributed by atoms with E-state index in [0.717, 1.165) is 5.56 Å². The average Bonchev–Trinajstić information content (AvgIpc) is 2.30. The second-order valence-electron chi connectivity index (χ2n) is 3.50. The van der Waals surface area contributed by atoms with Crippen LogP contribution in [0.25, 0.3) is 0 Å². The number of benzene rings is 1. The Morgan fingerprint density at radius 2 is 1.88 bits per heavy atom. The zero-order valence-corrected chi connectivity index (χ0v) is 10.3. The Balaban J connectivity index is 2.04. The first-order valence-corrected chi connectivity index (χ1v) is 5.73. The summed E-state index contributed by atoms with van der Waals surface area (Å²) in [6, 6.07) is 8.55. The summed E-state index contributed by atoms with van der Waals surface area (Å²) >= 11 is 11.7. The van der Waals surface area contributed by atoms with Crippen molar-refractivity contribution in [2.75, 3.05) is 5.32 Å². The molecule has 5 heteroatoms. The van der Waals surface area contributed by atoms with Gasteiger partial charge in [-0.1, -0.05) is 35.3 Å². The minimum atomic E-state index is 0.247. The zero-order valence-electron chi connectivity index (χ0n) is 8.82. The van der Waals surface area contributed by atoms with Gasteiger partial charge in [0.2, 0.25) is 0 Å². The largest absolute Gasteiger partial charge is 0.508 e. The highest BCUT2D eigenvalue weighted by Crippen LogP contribution is 2.23. The molecule has 0 radical (unpaired) electrons. The number of nitrogens with zero attached hydrogens (tertiary/aromatic N) is 1. The van der Waals surface area contributed by atoms with Gasteiger partial charge in [0.05, 0.1) is 10.0 Å². The first-order chi connectivity index (χ1) is 8.15. The molecular weight excluding hydrogens is 259 g/mol. The molecule has 3 nitrogen and oxygen atoms in total. The lowest BCUT2D eigenvalue weighted by Gasteiger charge is -2.07. The van der Waals surface area contributed by atoms with Crippen LogP contribution in [-0.2, 0) is 6.54 Å². The Hall–Kier alpha value is -1.45. The molecule has 2 N–H and O–H groups in total. The Morgan fingerprint density at radius 1 is 1.18 bits per heavy atom. The second-order valence-corrected chi connectivity index (χ2v) is 4.35. The third kappa shape index (κ3) is 3.25. The van der Waals surface area contributed by atoms with Crippen LogP contribution < -0.4 is 5.32 Å². The van der Waals surface area contributed by atoms with Crippen LogP contribution in [0.15, 0.2) is 36.5 Å². The Morgan fingerprint density at radius 3 is 2.53 bits per heavy atom. The third-order valence-electron chi connectivity index (χ3n) is 2.20. The Kier molecular flexibility index (Phi) is 3.71. The maximum atomic E-state index is 9.15. The van der Waals surface area contributed by atoms with Gasteiger partial charge in [-0.2, -0.15) is 0 Å². The third-order valence-corrected chi connectivity index (χ3v) is 2.70. The predicted octanol–water partition coefficient (Wildman–Crippen LogP) is 3.71. The van der Waals surface area contributed by atoms with Crippen LogP contribution in [0.4, 0.5) is 5.82 Å². The van der Waals surface area contributed by atoms with Gasteiger partial charge in [0.15, 0.2) is 0 Å². The van der Waals surface area contributed by atoms with Gasteiger partial charge in [0.1, 0.15) is 11.6 Å². The van der Waals surface area contributed by atoms with Crippen LogP contribution >= 0.6 is 23.2 Å². The average molecular weight is 269 g/mol. The molecule has 0 aliphatic heterocycles. The second kappa shape index (κ2) is 5.25. The predicted molar refractivity (Wildman–Crippen MR) is 69.7 cm³/mol. The van der Waals surface area contributed by atoms with E-state index in [1.54, 1.807) is 18.2 Å². The summed E-state index contributed by atoms with van der Waals surface area (Å²) in [4.78, 5) is 4.09. The molecule has 1 aromatic heterocycles. The summed E-state index contributed by atoms with van der Waals surface area (Å²) in [6.07, 6.45) is 1.53. The summed E-state index contributed by atoms with van der Waals surface area (Å²) in [5.41, 5.74) is 1.02. The highest BCUT2D eigenvalue weighted by Gasteiger charge is 2.02. The van der Waals surface area contributed by atoms with E-state index in [1.807, 2.05) is 12.1 Å². The molecule has 2 aromatic rings. The lowest BCUT2D eigenvalue weighted by molar-refractivity contribution is 0.475. The van der Waals surface area contributed by atoms with Gasteiger partial charge >= 0.3 is 0 Å². The molecule has 2 rings (SSSR count). The number of nitrogens with one attached hydrogen (secondary N) is 1. The van der Waals surface area contributed by atoms with E-state index >= 15 is 0 Å². The molecule has 0 fully saturated rings. The molecule has 0 amide bonds. The number of aromatic nitrogens is 1. The maximum Gasteiger partial charge on any atom is 0.145 e. The minimum Gasteiger partial charge on any atom is -0.508 e. The summed E-state index contributed by atoms with van der Waals surface area (Å²) in [5, 5.41) is 13.2. The van der Waals surface area contributed by atoms with Gasteiger partial charge in [0.25, 0.3) is 0 Å². The SMILES string of the molecule is Oc1ccc(CNc2ncc(Cl)cc2Cl)cc1. The smallest absolute Gasteiger partial charge is 0.145 e. The van der Waals surface area contributed by atoms with Crippen molar-refractivity contribution in [1.82, 2.24) is 4.98 Å². The van der Waals surface area contributed by atoms with Gasteiger partial charge in [0, 0.05) is 12.7 Å². The number of halogens is 2. The summed E-state index contributed by atoms with van der Waals surface area (Å²) in [6.45, 7) is 0.578. The van der Waals surface area contributed by atoms with Crippen LogP contribution in [0.2, 0.25) is 10.0 Å². The number of phenolic OH excluding ortho intramolecular Hbond substituents is 1. The van der Waals surface area contributed by atoms with Gasteiger partial charge < -0.3 is 10.4 Å². The first kappa shape index (κ1) is 12.0. The summed E-state index contributed by atoms with van der Waals surface area (Å²) in [7, 11) is 0. The Bertz CT molecular complexity index is 514. The quantitative estimate of drug-likeness (QED) is 0.892. The lowest BCUT2D eigenvalue weighted by Crippen LogP contribution is -2.01. The van der Waals surface area contributed by atoms with E-state index < -0.39 is 0 Å². The number of pyridine rings is 1. The molecule has 0 atom stereocenters. The van der Waals surface area contributed by atoms with Crippen LogP contribution in [0.5, 0.6) is 5.75 Å². The number of phenols is 1. The van der Waals surface area contributed by atoms with Crippen molar-refractivity contribution < 1.29 is 5.11 Å². The summed E-state index contributed by atoms with van der Waals surface area (Å²) in [5.74, 6) is 0.834.